The first-order valence-corrected chi connectivity index (χ1v) is 5.49. The van der Waals surface area contributed by atoms with E-state index in [1.54, 1.807) is 6.07 Å². The van der Waals surface area contributed by atoms with E-state index < -0.39 is 5.60 Å². The Balaban J connectivity index is 2.25. The van der Waals surface area contributed by atoms with Gasteiger partial charge in [0.1, 0.15) is 5.60 Å². The Labute approximate surface area is 94.5 Å². The van der Waals surface area contributed by atoms with Crippen LogP contribution in [0.1, 0.15) is 25.3 Å². The summed E-state index contributed by atoms with van der Waals surface area (Å²) in [5, 5.41) is 32.3. The molecule has 88 valence electrons. The van der Waals surface area contributed by atoms with Crippen LogP contribution in [0.4, 0.5) is 0 Å². The standard InChI is InChI=1S/C12H17NO3/c1-8-4-5-12(16,7-13-8)9-2-3-10(14)11(15)6-9/h2-3,6,8,13-16H,4-5,7H2,1H3/t8-,12-/m0/s1. The molecule has 1 aromatic rings. The fourth-order valence-corrected chi connectivity index (χ4v) is 2.05. The Morgan fingerprint density at radius 3 is 2.62 bits per heavy atom. The molecule has 0 aliphatic carbocycles. The maximum absolute atomic E-state index is 10.4. The van der Waals surface area contributed by atoms with Crippen LogP contribution < -0.4 is 5.32 Å². The van der Waals surface area contributed by atoms with E-state index in [9.17, 15) is 15.3 Å². The van der Waals surface area contributed by atoms with Crippen molar-refractivity contribution in [3.05, 3.63) is 23.8 Å². The van der Waals surface area contributed by atoms with Gasteiger partial charge in [-0.2, -0.15) is 0 Å². The summed E-state index contributed by atoms with van der Waals surface area (Å²) < 4.78 is 0. The highest BCUT2D eigenvalue weighted by Gasteiger charge is 2.33. The van der Waals surface area contributed by atoms with Gasteiger partial charge in [-0.1, -0.05) is 6.07 Å². The minimum Gasteiger partial charge on any atom is -0.504 e. The van der Waals surface area contributed by atoms with Gasteiger partial charge >= 0.3 is 0 Å². The zero-order chi connectivity index (χ0) is 11.8. The Bertz CT molecular complexity index is 384. The maximum Gasteiger partial charge on any atom is 0.157 e. The summed E-state index contributed by atoms with van der Waals surface area (Å²) >= 11 is 0. The Morgan fingerprint density at radius 1 is 1.31 bits per heavy atom. The third-order valence-electron chi connectivity index (χ3n) is 3.25. The number of aliphatic hydroxyl groups is 1. The summed E-state index contributed by atoms with van der Waals surface area (Å²) in [6.45, 7) is 2.55. The number of rotatable bonds is 1. The van der Waals surface area contributed by atoms with Gasteiger partial charge in [-0.3, -0.25) is 0 Å². The second kappa shape index (κ2) is 3.96. The van der Waals surface area contributed by atoms with Gasteiger partial charge in [0.15, 0.2) is 11.5 Å². The largest absolute Gasteiger partial charge is 0.504 e. The maximum atomic E-state index is 10.4. The van der Waals surface area contributed by atoms with Crippen molar-refractivity contribution in [2.75, 3.05) is 6.54 Å². The predicted octanol–water partition coefficient (Wildman–Crippen LogP) is 1.06. The minimum atomic E-state index is -0.947. The number of phenols is 2. The van der Waals surface area contributed by atoms with E-state index >= 15 is 0 Å². The molecule has 0 bridgehead atoms. The number of hydrogen-bond donors (Lipinski definition) is 4. The van der Waals surface area contributed by atoms with Crippen molar-refractivity contribution in [1.29, 1.82) is 0 Å². The second-order valence-electron chi connectivity index (χ2n) is 4.56. The molecule has 0 saturated carbocycles. The van der Waals surface area contributed by atoms with E-state index in [4.69, 9.17) is 0 Å². The van der Waals surface area contributed by atoms with Crippen molar-refractivity contribution in [2.45, 2.75) is 31.4 Å². The van der Waals surface area contributed by atoms with Crippen LogP contribution in [-0.2, 0) is 5.60 Å². The third-order valence-corrected chi connectivity index (χ3v) is 3.25. The number of β-amino-alcohol motifs (C(OH)–C–C–N with tert-alkyl or cyclic N) is 1. The van der Waals surface area contributed by atoms with E-state index in [0.717, 1.165) is 6.42 Å². The van der Waals surface area contributed by atoms with Gasteiger partial charge in [-0.15, -0.1) is 0 Å². The summed E-state index contributed by atoms with van der Waals surface area (Å²) in [6.07, 6.45) is 1.55. The number of benzene rings is 1. The van der Waals surface area contributed by atoms with Crippen LogP contribution >= 0.6 is 0 Å². The van der Waals surface area contributed by atoms with Gasteiger partial charge in [0.2, 0.25) is 0 Å². The lowest BCUT2D eigenvalue weighted by Gasteiger charge is -2.36. The molecule has 1 aromatic carbocycles. The number of nitrogens with one attached hydrogen (secondary N) is 1. The average Bonchev–Trinajstić information content (AvgIpc) is 2.26. The fraction of sp³-hybridized carbons (Fsp3) is 0.500. The van der Waals surface area contributed by atoms with Crippen molar-refractivity contribution < 1.29 is 15.3 Å². The molecule has 1 heterocycles. The summed E-state index contributed by atoms with van der Waals surface area (Å²) in [5.41, 5.74) is -0.306. The molecule has 0 radical (unpaired) electrons. The molecular formula is C12H17NO3. The lowest BCUT2D eigenvalue weighted by molar-refractivity contribution is 0.00349. The minimum absolute atomic E-state index is 0.163. The van der Waals surface area contributed by atoms with Crippen molar-refractivity contribution in [3.63, 3.8) is 0 Å². The van der Waals surface area contributed by atoms with Crippen LogP contribution in [0.3, 0.4) is 0 Å². The molecule has 0 spiro atoms. The van der Waals surface area contributed by atoms with Gasteiger partial charge in [-0.05, 0) is 37.5 Å². The first kappa shape index (κ1) is 11.2. The molecule has 1 aliphatic heterocycles. The van der Waals surface area contributed by atoms with Gasteiger partial charge in [-0.25, -0.2) is 0 Å². The van der Waals surface area contributed by atoms with E-state index in [1.165, 1.54) is 12.1 Å². The first-order valence-electron chi connectivity index (χ1n) is 5.49. The summed E-state index contributed by atoms with van der Waals surface area (Å²) in [7, 11) is 0. The molecule has 2 rings (SSSR count). The number of piperidine rings is 1. The van der Waals surface area contributed by atoms with Crippen LogP contribution in [0, 0.1) is 0 Å². The molecule has 1 saturated heterocycles. The summed E-state index contributed by atoms with van der Waals surface area (Å²) in [5.74, 6) is -0.353. The lowest BCUT2D eigenvalue weighted by Crippen LogP contribution is -2.47. The number of aromatic hydroxyl groups is 2. The third kappa shape index (κ3) is 1.99. The highest BCUT2D eigenvalue weighted by Crippen LogP contribution is 2.34. The SMILES string of the molecule is C[C@H]1CC[C@@](O)(c2ccc(O)c(O)c2)CN1. The Hall–Kier alpha value is -1.26. The van der Waals surface area contributed by atoms with Crippen molar-refractivity contribution in [3.8, 4) is 11.5 Å². The predicted molar refractivity (Wildman–Crippen MR) is 60.4 cm³/mol. The van der Waals surface area contributed by atoms with E-state index in [0.29, 0.717) is 24.6 Å². The van der Waals surface area contributed by atoms with Crippen molar-refractivity contribution in [2.24, 2.45) is 0 Å². The molecule has 4 heteroatoms. The van der Waals surface area contributed by atoms with Gasteiger partial charge in [0, 0.05) is 12.6 Å². The molecular weight excluding hydrogens is 206 g/mol. The topological polar surface area (TPSA) is 72.7 Å². The molecule has 0 amide bonds. The van der Waals surface area contributed by atoms with Crippen molar-refractivity contribution >= 4 is 0 Å². The second-order valence-corrected chi connectivity index (χ2v) is 4.56. The molecule has 2 atom stereocenters. The Kier molecular flexibility index (Phi) is 2.78. The van der Waals surface area contributed by atoms with E-state index in [2.05, 4.69) is 12.2 Å². The van der Waals surface area contributed by atoms with Crippen LogP contribution in [0.2, 0.25) is 0 Å². The molecule has 4 nitrogen and oxygen atoms in total. The van der Waals surface area contributed by atoms with Crippen molar-refractivity contribution in [1.82, 2.24) is 5.32 Å². The van der Waals surface area contributed by atoms with E-state index in [1.807, 2.05) is 0 Å². The Morgan fingerprint density at radius 2 is 2.06 bits per heavy atom. The van der Waals surface area contributed by atoms with E-state index in [-0.39, 0.29) is 11.5 Å². The fourth-order valence-electron chi connectivity index (χ4n) is 2.05. The van der Waals surface area contributed by atoms with Gasteiger partial charge in [0.25, 0.3) is 0 Å². The number of phenolic OH excluding ortho intramolecular Hbond substituents is 2. The van der Waals surface area contributed by atoms with Crippen LogP contribution in [0.15, 0.2) is 18.2 Å². The normalized spacial score (nSPS) is 30.2. The molecule has 4 N–H and O–H groups in total. The highest BCUT2D eigenvalue weighted by molar-refractivity contribution is 5.42. The lowest BCUT2D eigenvalue weighted by atomic mass is 9.84. The van der Waals surface area contributed by atoms with Gasteiger partial charge < -0.3 is 20.6 Å². The quantitative estimate of drug-likeness (QED) is 0.537. The smallest absolute Gasteiger partial charge is 0.157 e. The average molecular weight is 223 g/mol. The molecule has 0 aromatic heterocycles. The molecule has 1 aliphatic rings. The molecule has 0 unspecified atom stereocenters. The summed E-state index contributed by atoms with van der Waals surface area (Å²) in [4.78, 5) is 0. The zero-order valence-corrected chi connectivity index (χ0v) is 9.27. The molecule has 1 fully saturated rings. The van der Waals surface area contributed by atoms with Crippen LogP contribution in [0.25, 0.3) is 0 Å². The summed E-state index contributed by atoms with van der Waals surface area (Å²) in [6, 6.07) is 4.88. The van der Waals surface area contributed by atoms with Gasteiger partial charge in [0.05, 0.1) is 0 Å². The number of hydrogen-bond acceptors (Lipinski definition) is 4. The molecule has 16 heavy (non-hydrogen) atoms. The van der Waals surface area contributed by atoms with Crippen LogP contribution in [-0.4, -0.2) is 27.9 Å². The van der Waals surface area contributed by atoms with Crippen LogP contribution in [0.5, 0.6) is 11.5 Å². The first-order chi connectivity index (χ1) is 7.51. The zero-order valence-electron chi connectivity index (χ0n) is 9.27. The monoisotopic (exact) mass is 223 g/mol. The highest BCUT2D eigenvalue weighted by atomic mass is 16.3.